The summed E-state index contributed by atoms with van der Waals surface area (Å²) in [4.78, 5) is 56.7. The number of nitrogens with zero attached hydrogens (tertiary/aromatic N) is 3. The topological polar surface area (TPSA) is 104 Å². The molecule has 1 aliphatic heterocycles. The molecule has 0 saturated carbocycles. The van der Waals surface area contributed by atoms with Crippen LogP contribution in [0.2, 0.25) is 10.0 Å². The third kappa shape index (κ3) is 9.00. The maximum atomic E-state index is 13.8. The van der Waals surface area contributed by atoms with E-state index in [0.717, 1.165) is 11.1 Å². The Morgan fingerprint density at radius 1 is 0.864 bits per heavy atom. The Morgan fingerprint density at radius 3 is 2.02 bits per heavy atom. The fourth-order valence-electron chi connectivity index (χ4n) is 5.09. The van der Waals surface area contributed by atoms with Gasteiger partial charge in [0.15, 0.2) is 0 Å². The van der Waals surface area contributed by atoms with E-state index in [1.165, 1.54) is 39.0 Å². The molecular formula is C32H32Cl2F2N4O4. The predicted molar refractivity (Wildman–Crippen MR) is 163 cm³/mol. The zero-order chi connectivity index (χ0) is 31.8. The smallest absolute Gasteiger partial charge is 0.246 e. The second-order valence-corrected chi connectivity index (χ2v) is 11.4. The largest absolute Gasteiger partial charge is 0.368 e. The number of hydrogen-bond donors (Lipinski definition) is 1. The normalized spacial score (nSPS) is 15.0. The highest BCUT2D eigenvalue weighted by Gasteiger charge is 2.40. The van der Waals surface area contributed by atoms with Gasteiger partial charge in [-0.2, -0.15) is 0 Å². The summed E-state index contributed by atoms with van der Waals surface area (Å²) in [6.07, 6.45) is 0.637. The van der Waals surface area contributed by atoms with Gasteiger partial charge in [-0.05, 0) is 72.4 Å². The molecule has 4 amide bonds. The average Bonchev–Trinajstić information content (AvgIpc) is 2.98. The van der Waals surface area contributed by atoms with E-state index in [1.54, 1.807) is 42.5 Å². The molecule has 0 bridgehead atoms. The van der Waals surface area contributed by atoms with Gasteiger partial charge in [-0.1, -0.05) is 53.5 Å². The van der Waals surface area contributed by atoms with E-state index in [-0.39, 0.29) is 50.9 Å². The second-order valence-electron chi connectivity index (χ2n) is 10.6. The molecule has 44 heavy (non-hydrogen) atoms. The Balaban J connectivity index is 1.52. The van der Waals surface area contributed by atoms with Crippen LogP contribution in [0.5, 0.6) is 0 Å². The minimum Gasteiger partial charge on any atom is -0.368 e. The van der Waals surface area contributed by atoms with E-state index < -0.39 is 29.6 Å². The van der Waals surface area contributed by atoms with Gasteiger partial charge in [-0.25, -0.2) is 8.78 Å². The summed E-state index contributed by atoms with van der Waals surface area (Å²) in [5, 5.41) is 0.856. The van der Waals surface area contributed by atoms with Crippen molar-refractivity contribution in [1.82, 2.24) is 14.7 Å². The van der Waals surface area contributed by atoms with Crippen LogP contribution >= 0.6 is 23.2 Å². The van der Waals surface area contributed by atoms with Crippen LogP contribution in [0, 0.1) is 11.6 Å². The number of piperazine rings is 1. The van der Waals surface area contributed by atoms with Gasteiger partial charge in [0.2, 0.25) is 23.6 Å². The van der Waals surface area contributed by atoms with E-state index in [9.17, 15) is 28.0 Å². The standard InChI is InChI=1S/C32H32Cl2F2N4O4/c33-24-6-5-23(27(34)17-24)13-15-38(19-29(37)41)30(42)18-28-32(44)39(14-11-21-1-7-25(35)8-2-21)20-31(43)40(28)16-12-22-3-9-26(36)10-4-22/h1-10,17,28H,11-16,18-20H2,(H2,37,41). The fourth-order valence-corrected chi connectivity index (χ4v) is 5.59. The van der Waals surface area contributed by atoms with Crippen molar-refractivity contribution < 1.29 is 28.0 Å². The van der Waals surface area contributed by atoms with Crippen LogP contribution in [-0.2, 0) is 38.4 Å². The fraction of sp³-hybridized carbons (Fsp3) is 0.312. The van der Waals surface area contributed by atoms with Gasteiger partial charge in [0.25, 0.3) is 0 Å². The van der Waals surface area contributed by atoms with Crippen molar-refractivity contribution in [3.05, 3.63) is 105 Å². The highest BCUT2D eigenvalue weighted by molar-refractivity contribution is 6.35. The number of hydrogen-bond acceptors (Lipinski definition) is 4. The highest BCUT2D eigenvalue weighted by Crippen LogP contribution is 2.23. The van der Waals surface area contributed by atoms with Crippen LogP contribution in [-0.4, -0.2) is 77.1 Å². The molecule has 8 nitrogen and oxygen atoms in total. The van der Waals surface area contributed by atoms with Crippen molar-refractivity contribution in [2.24, 2.45) is 5.73 Å². The summed E-state index contributed by atoms with van der Waals surface area (Å²) in [7, 11) is 0. The van der Waals surface area contributed by atoms with Crippen LogP contribution in [0.15, 0.2) is 66.7 Å². The molecule has 1 saturated heterocycles. The van der Waals surface area contributed by atoms with Crippen molar-refractivity contribution in [2.45, 2.75) is 31.7 Å². The van der Waals surface area contributed by atoms with Gasteiger partial charge in [0, 0.05) is 29.7 Å². The van der Waals surface area contributed by atoms with Crippen LogP contribution in [0.25, 0.3) is 0 Å². The minimum absolute atomic E-state index is 0.0852. The number of halogens is 4. The lowest BCUT2D eigenvalue weighted by molar-refractivity contribution is -0.158. The molecule has 0 radical (unpaired) electrons. The van der Waals surface area contributed by atoms with Gasteiger partial charge in [-0.3, -0.25) is 19.2 Å². The molecule has 4 rings (SSSR count). The van der Waals surface area contributed by atoms with Gasteiger partial charge < -0.3 is 20.4 Å². The molecule has 1 atom stereocenters. The number of rotatable bonds is 13. The van der Waals surface area contributed by atoms with E-state index in [1.807, 2.05) is 0 Å². The van der Waals surface area contributed by atoms with Crippen molar-refractivity contribution in [3.8, 4) is 0 Å². The number of amides is 4. The number of primary amides is 1. The molecule has 0 aromatic heterocycles. The first-order valence-electron chi connectivity index (χ1n) is 14.1. The summed E-state index contributed by atoms with van der Waals surface area (Å²) < 4.78 is 26.8. The van der Waals surface area contributed by atoms with Crippen molar-refractivity contribution in [2.75, 3.05) is 32.7 Å². The van der Waals surface area contributed by atoms with Crippen molar-refractivity contribution >= 4 is 46.8 Å². The number of carbonyl (C=O) groups excluding carboxylic acids is 4. The Hall–Kier alpha value is -4.02. The molecule has 1 heterocycles. The summed E-state index contributed by atoms with van der Waals surface area (Å²) in [6.45, 7) is -0.179. The molecule has 0 spiro atoms. The zero-order valence-electron chi connectivity index (χ0n) is 23.9. The van der Waals surface area contributed by atoms with Crippen molar-refractivity contribution in [1.29, 1.82) is 0 Å². The maximum Gasteiger partial charge on any atom is 0.246 e. The molecule has 3 aromatic rings. The van der Waals surface area contributed by atoms with E-state index in [0.29, 0.717) is 34.9 Å². The van der Waals surface area contributed by atoms with Crippen molar-refractivity contribution in [3.63, 3.8) is 0 Å². The van der Waals surface area contributed by atoms with Crippen LogP contribution in [0.3, 0.4) is 0 Å². The minimum atomic E-state index is -1.13. The molecular weight excluding hydrogens is 613 g/mol. The monoisotopic (exact) mass is 644 g/mol. The zero-order valence-corrected chi connectivity index (χ0v) is 25.4. The van der Waals surface area contributed by atoms with E-state index in [4.69, 9.17) is 28.9 Å². The average molecular weight is 646 g/mol. The highest BCUT2D eigenvalue weighted by atomic mass is 35.5. The molecule has 1 unspecified atom stereocenters. The maximum absolute atomic E-state index is 13.8. The molecule has 232 valence electrons. The van der Waals surface area contributed by atoms with E-state index >= 15 is 0 Å². The van der Waals surface area contributed by atoms with Gasteiger partial charge >= 0.3 is 0 Å². The first kappa shape index (κ1) is 32.9. The molecule has 12 heteroatoms. The first-order chi connectivity index (χ1) is 21.0. The lowest BCUT2D eigenvalue weighted by Crippen LogP contribution is -2.61. The summed E-state index contributed by atoms with van der Waals surface area (Å²) in [5.74, 6) is -2.82. The van der Waals surface area contributed by atoms with Crippen LogP contribution in [0.4, 0.5) is 8.78 Å². The first-order valence-corrected chi connectivity index (χ1v) is 14.8. The summed E-state index contributed by atoms with van der Waals surface area (Å²) >= 11 is 12.3. The van der Waals surface area contributed by atoms with Gasteiger partial charge in [0.05, 0.1) is 19.5 Å². The Morgan fingerprint density at radius 2 is 1.45 bits per heavy atom. The van der Waals surface area contributed by atoms with Crippen LogP contribution < -0.4 is 5.73 Å². The quantitative estimate of drug-likeness (QED) is 0.303. The third-order valence-corrected chi connectivity index (χ3v) is 8.08. The molecule has 0 aliphatic carbocycles. The molecule has 2 N–H and O–H groups in total. The Bertz CT molecular complexity index is 1510. The number of carbonyl (C=O) groups is 4. The van der Waals surface area contributed by atoms with Crippen LogP contribution in [0.1, 0.15) is 23.1 Å². The summed E-state index contributed by atoms with van der Waals surface area (Å²) in [6, 6.07) is 15.5. The SMILES string of the molecule is NC(=O)CN(CCc1ccc(Cl)cc1Cl)C(=O)CC1C(=O)N(CCc2ccc(F)cc2)CC(=O)N1CCc1ccc(F)cc1. The Kier molecular flexibility index (Phi) is 11.3. The van der Waals surface area contributed by atoms with E-state index in [2.05, 4.69) is 0 Å². The Labute approximate surface area is 264 Å². The second kappa shape index (κ2) is 15.1. The third-order valence-electron chi connectivity index (χ3n) is 7.49. The molecule has 3 aromatic carbocycles. The number of nitrogens with two attached hydrogens (primary N) is 1. The van der Waals surface area contributed by atoms with Gasteiger partial charge in [-0.15, -0.1) is 0 Å². The lowest BCUT2D eigenvalue weighted by atomic mass is 10.0. The van der Waals surface area contributed by atoms with Gasteiger partial charge in [0.1, 0.15) is 17.7 Å². The molecule has 1 fully saturated rings. The predicted octanol–water partition coefficient (Wildman–Crippen LogP) is 4.04. The number of benzene rings is 3. The lowest BCUT2D eigenvalue weighted by Gasteiger charge is -2.40. The summed E-state index contributed by atoms with van der Waals surface area (Å²) in [5.41, 5.74) is 7.69. The molecule has 1 aliphatic rings.